The van der Waals surface area contributed by atoms with Gasteiger partial charge in [0.25, 0.3) is 11.5 Å². The van der Waals surface area contributed by atoms with Crippen LogP contribution < -0.4 is 15.8 Å². The molecule has 26 heavy (non-hydrogen) atoms. The first-order chi connectivity index (χ1) is 12.4. The Kier molecular flexibility index (Phi) is 5.39. The summed E-state index contributed by atoms with van der Waals surface area (Å²) in [7, 11) is 1.63. The SMILES string of the molecule is CC(C)Cc1cc(C(=O)NC[C@@H]2CCN(c3cnn(C)c(=O)c3)C2)no1. The van der Waals surface area contributed by atoms with Crippen LogP contribution in [0.3, 0.4) is 0 Å². The molecule has 1 aliphatic heterocycles. The van der Waals surface area contributed by atoms with Crippen molar-refractivity contribution < 1.29 is 9.32 Å². The number of nitrogens with one attached hydrogen (secondary N) is 1. The Balaban J connectivity index is 1.51. The van der Waals surface area contributed by atoms with Gasteiger partial charge < -0.3 is 14.7 Å². The summed E-state index contributed by atoms with van der Waals surface area (Å²) in [5.41, 5.74) is 1.03. The van der Waals surface area contributed by atoms with Crippen molar-refractivity contribution in [3.8, 4) is 0 Å². The van der Waals surface area contributed by atoms with E-state index in [0.717, 1.165) is 37.4 Å². The van der Waals surface area contributed by atoms with Crippen LogP contribution in [0.15, 0.2) is 27.6 Å². The number of aryl methyl sites for hydroxylation is 1. The van der Waals surface area contributed by atoms with Crippen molar-refractivity contribution in [1.82, 2.24) is 20.3 Å². The zero-order chi connectivity index (χ0) is 18.7. The quantitative estimate of drug-likeness (QED) is 0.834. The van der Waals surface area contributed by atoms with E-state index < -0.39 is 0 Å². The highest BCUT2D eigenvalue weighted by atomic mass is 16.5. The molecule has 0 radical (unpaired) electrons. The lowest BCUT2D eigenvalue weighted by molar-refractivity contribution is 0.0939. The third-order valence-electron chi connectivity index (χ3n) is 4.56. The third-order valence-corrected chi connectivity index (χ3v) is 4.56. The molecule has 140 valence electrons. The molecule has 0 aromatic carbocycles. The zero-order valence-electron chi connectivity index (χ0n) is 15.4. The molecule has 3 rings (SSSR count). The number of carbonyl (C=O) groups is 1. The highest BCUT2D eigenvalue weighted by molar-refractivity contribution is 5.92. The number of nitrogens with zero attached hydrogens (tertiary/aromatic N) is 4. The maximum Gasteiger partial charge on any atom is 0.273 e. The number of hydrogen-bond donors (Lipinski definition) is 1. The molecule has 0 bridgehead atoms. The summed E-state index contributed by atoms with van der Waals surface area (Å²) in [6.07, 6.45) is 3.42. The molecule has 2 aromatic rings. The van der Waals surface area contributed by atoms with E-state index in [9.17, 15) is 9.59 Å². The Labute approximate surface area is 152 Å². The molecule has 1 saturated heterocycles. The summed E-state index contributed by atoms with van der Waals surface area (Å²) in [4.78, 5) is 26.1. The summed E-state index contributed by atoms with van der Waals surface area (Å²) in [6, 6.07) is 3.31. The van der Waals surface area contributed by atoms with Crippen LogP contribution in [-0.2, 0) is 13.5 Å². The van der Waals surface area contributed by atoms with Gasteiger partial charge in [0.2, 0.25) is 0 Å². The van der Waals surface area contributed by atoms with Gasteiger partial charge >= 0.3 is 0 Å². The lowest BCUT2D eigenvalue weighted by Gasteiger charge is -2.18. The Hall–Kier alpha value is -2.64. The second-order valence-electron chi connectivity index (χ2n) is 7.26. The van der Waals surface area contributed by atoms with Crippen LogP contribution in [0, 0.1) is 11.8 Å². The van der Waals surface area contributed by atoms with Crippen LogP contribution >= 0.6 is 0 Å². The van der Waals surface area contributed by atoms with Crippen molar-refractivity contribution in [3.63, 3.8) is 0 Å². The van der Waals surface area contributed by atoms with E-state index in [4.69, 9.17) is 4.52 Å². The van der Waals surface area contributed by atoms with Crippen LogP contribution in [0.25, 0.3) is 0 Å². The molecular formula is C18H25N5O3. The molecule has 1 N–H and O–H groups in total. The number of carbonyl (C=O) groups excluding carboxylic acids is 1. The number of anilines is 1. The second kappa shape index (κ2) is 7.72. The minimum absolute atomic E-state index is 0.123. The lowest BCUT2D eigenvalue weighted by atomic mass is 10.1. The second-order valence-corrected chi connectivity index (χ2v) is 7.26. The van der Waals surface area contributed by atoms with Crippen LogP contribution in [0.1, 0.15) is 36.5 Å². The maximum absolute atomic E-state index is 12.2. The molecule has 0 saturated carbocycles. The van der Waals surface area contributed by atoms with Crippen LogP contribution in [-0.4, -0.2) is 40.5 Å². The summed E-state index contributed by atoms with van der Waals surface area (Å²) in [6.45, 7) is 6.38. The number of amides is 1. The molecule has 8 nitrogen and oxygen atoms in total. The van der Waals surface area contributed by atoms with Crippen LogP contribution in [0.2, 0.25) is 0 Å². The summed E-state index contributed by atoms with van der Waals surface area (Å²) in [5.74, 6) is 1.30. The van der Waals surface area contributed by atoms with Crippen molar-refractivity contribution in [3.05, 3.63) is 40.1 Å². The molecule has 8 heteroatoms. The van der Waals surface area contributed by atoms with E-state index in [1.54, 1.807) is 25.4 Å². The number of rotatable bonds is 6. The minimum atomic E-state index is -0.211. The topological polar surface area (TPSA) is 93.3 Å². The zero-order valence-corrected chi connectivity index (χ0v) is 15.4. The first-order valence-electron chi connectivity index (χ1n) is 8.94. The van der Waals surface area contributed by atoms with Crippen molar-refractivity contribution in [1.29, 1.82) is 0 Å². The molecule has 1 aliphatic rings. The highest BCUT2D eigenvalue weighted by Crippen LogP contribution is 2.21. The molecule has 0 aliphatic carbocycles. The van der Waals surface area contributed by atoms with Gasteiger partial charge in [0.1, 0.15) is 5.76 Å². The van der Waals surface area contributed by atoms with E-state index >= 15 is 0 Å². The molecule has 1 atom stereocenters. The Morgan fingerprint density at radius 1 is 1.42 bits per heavy atom. The molecule has 0 spiro atoms. The Bertz CT molecular complexity index is 826. The first-order valence-corrected chi connectivity index (χ1v) is 8.94. The molecule has 1 amide bonds. The fraction of sp³-hybridized carbons (Fsp3) is 0.556. The molecule has 1 fully saturated rings. The van der Waals surface area contributed by atoms with E-state index in [1.807, 2.05) is 0 Å². The van der Waals surface area contributed by atoms with Crippen molar-refractivity contribution in [2.45, 2.75) is 26.7 Å². The predicted octanol–water partition coefficient (Wildman–Crippen LogP) is 1.22. The van der Waals surface area contributed by atoms with Gasteiger partial charge in [-0.1, -0.05) is 19.0 Å². The average Bonchev–Trinajstić information content (AvgIpc) is 3.24. The van der Waals surface area contributed by atoms with Crippen LogP contribution in [0.5, 0.6) is 0 Å². The number of hydrogen-bond acceptors (Lipinski definition) is 6. The van der Waals surface area contributed by atoms with Gasteiger partial charge in [0, 0.05) is 45.2 Å². The van der Waals surface area contributed by atoms with Gasteiger partial charge in [-0.3, -0.25) is 9.59 Å². The van der Waals surface area contributed by atoms with Gasteiger partial charge in [-0.2, -0.15) is 5.10 Å². The van der Waals surface area contributed by atoms with Gasteiger partial charge in [-0.25, -0.2) is 4.68 Å². The van der Waals surface area contributed by atoms with Crippen LogP contribution in [0.4, 0.5) is 5.69 Å². The van der Waals surface area contributed by atoms with Crippen molar-refractivity contribution in [2.24, 2.45) is 18.9 Å². The largest absolute Gasteiger partial charge is 0.370 e. The Morgan fingerprint density at radius 3 is 2.96 bits per heavy atom. The predicted molar refractivity (Wildman–Crippen MR) is 97.2 cm³/mol. The van der Waals surface area contributed by atoms with E-state index in [0.29, 0.717) is 24.1 Å². The van der Waals surface area contributed by atoms with Crippen molar-refractivity contribution in [2.75, 3.05) is 24.5 Å². The Morgan fingerprint density at radius 2 is 2.23 bits per heavy atom. The third kappa shape index (κ3) is 4.30. The van der Waals surface area contributed by atoms with E-state index in [-0.39, 0.29) is 11.5 Å². The van der Waals surface area contributed by atoms with Gasteiger partial charge in [-0.15, -0.1) is 0 Å². The minimum Gasteiger partial charge on any atom is -0.370 e. The first kappa shape index (κ1) is 18.2. The smallest absolute Gasteiger partial charge is 0.273 e. The van der Waals surface area contributed by atoms with Gasteiger partial charge in [0.05, 0.1) is 11.9 Å². The lowest BCUT2D eigenvalue weighted by Crippen LogP contribution is -2.31. The van der Waals surface area contributed by atoms with Gasteiger partial charge in [0.15, 0.2) is 5.69 Å². The monoisotopic (exact) mass is 359 g/mol. The van der Waals surface area contributed by atoms with E-state index in [2.05, 4.69) is 34.3 Å². The fourth-order valence-electron chi connectivity index (χ4n) is 3.11. The maximum atomic E-state index is 12.2. The standard InChI is InChI=1S/C18H25N5O3/c1-12(2)6-15-8-16(21-26-15)18(25)19-9-13-4-5-23(11-13)14-7-17(24)22(3)20-10-14/h7-8,10,12-13H,4-6,9,11H2,1-3H3,(H,19,25)/t13-/m0/s1. The average molecular weight is 359 g/mol. The summed E-state index contributed by atoms with van der Waals surface area (Å²) >= 11 is 0. The van der Waals surface area contributed by atoms with Gasteiger partial charge in [-0.05, 0) is 18.3 Å². The molecule has 0 unspecified atom stereocenters. The molecular weight excluding hydrogens is 334 g/mol. The van der Waals surface area contributed by atoms with E-state index in [1.165, 1.54) is 4.68 Å². The summed E-state index contributed by atoms with van der Waals surface area (Å²) in [5, 5.41) is 10.8. The number of aromatic nitrogens is 3. The normalized spacial score (nSPS) is 17.1. The fourth-order valence-corrected chi connectivity index (χ4v) is 3.11. The molecule has 3 heterocycles. The van der Waals surface area contributed by atoms with Crippen molar-refractivity contribution >= 4 is 11.6 Å². The molecule has 2 aromatic heterocycles. The highest BCUT2D eigenvalue weighted by Gasteiger charge is 2.24. The summed E-state index contributed by atoms with van der Waals surface area (Å²) < 4.78 is 6.51.